The van der Waals surface area contributed by atoms with Crippen LogP contribution in [0.2, 0.25) is 0 Å². The van der Waals surface area contributed by atoms with Crippen molar-refractivity contribution < 1.29 is 9.21 Å². The molecule has 0 radical (unpaired) electrons. The number of hydrogen-bond donors (Lipinski definition) is 3. The van der Waals surface area contributed by atoms with E-state index in [0.717, 1.165) is 30.3 Å². The van der Waals surface area contributed by atoms with Gasteiger partial charge in [-0.15, -0.1) is 0 Å². The van der Waals surface area contributed by atoms with Gasteiger partial charge < -0.3 is 20.4 Å². The van der Waals surface area contributed by atoms with Gasteiger partial charge in [0, 0.05) is 24.0 Å². The first-order chi connectivity index (χ1) is 13.2. The van der Waals surface area contributed by atoms with E-state index in [-0.39, 0.29) is 5.91 Å². The summed E-state index contributed by atoms with van der Waals surface area (Å²) in [5.74, 6) is 2.16. The third kappa shape index (κ3) is 6.06. The van der Waals surface area contributed by atoms with Gasteiger partial charge in [0.15, 0.2) is 11.7 Å². The summed E-state index contributed by atoms with van der Waals surface area (Å²) in [5, 5.41) is 10.2. The van der Waals surface area contributed by atoms with E-state index in [1.807, 2.05) is 36.0 Å². The standard InChI is InChI=1S/C20H26N4O2S/c1-2-21-20(23-14-17-5-4-12-27-17)22-13-15-7-9-16(10-8-15)24-19(25)18-6-3-11-26-18/h3,6-11,17H,2,4-5,12-14H2,1H3,(H,24,25)(H2,21,22,23). The highest BCUT2D eigenvalue weighted by Crippen LogP contribution is 2.25. The van der Waals surface area contributed by atoms with Crippen molar-refractivity contribution in [1.29, 1.82) is 0 Å². The van der Waals surface area contributed by atoms with Crippen LogP contribution in [-0.4, -0.2) is 36.0 Å². The summed E-state index contributed by atoms with van der Waals surface area (Å²) in [7, 11) is 0. The minimum Gasteiger partial charge on any atom is -0.459 e. The molecule has 1 saturated heterocycles. The number of carbonyl (C=O) groups excluding carboxylic acids is 1. The molecule has 1 fully saturated rings. The molecule has 6 nitrogen and oxygen atoms in total. The molecule has 0 aliphatic carbocycles. The van der Waals surface area contributed by atoms with E-state index in [4.69, 9.17) is 4.42 Å². The number of aliphatic imine (C=N–C) groups is 1. The number of carbonyl (C=O) groups is 1. The number of furan rings is 1. The highest BCUT2D eigenvalue weighted by molar-refractivity contribution is 8.00. The smallest absolute Gasteiger partial charge is 0.291 e. The van der Waals surface area contributed by atoms with Crippen molar-refractivity contribution in [2.24, 2.45) is 4.99 Å². The summed E-state index contributed by atoms with van der Waals surface area (Å²) >= 11 is 2.04. The number of thioether (sulfide) groups is 1. The fourth-order valence-corrected chi connectivity index (χ4v) is 4.02. The number of guanidine groups is 1. The Morgan fingerprint density at radius 2 is 2.11 bits per heavy atom. The van der Waals surface area contributed by atoms with E-state index < -0.39 is 0 Å². The molecular weight excluding hydrogens is 360 g/mol. The molecular formula is C20H26N4O2S. The van der Waals surface area contributed by atoms with Crippen LogP contribution in [0.15, 0.2) is 52.1 Å². The highest BCUT2D eigenvalue weighted by Gasteiger charge is 2.15. The Hall–Kier alpha value is -2.41. The van der Waals surface area contributed by atoms with Crippen molar-refractivity contribution in [3.63, 3.8) is 0 Å². The molecule has 3 N–H and O–H groups in total. The van der Waals surface area contributed by atoms with Gasteiger partial charge in [-0.25, -0.2) is 4.99 Å². The summed E-state index contributed by atoms with van der Waals surface area (Å²) in [5.41, 5.74) is 1.81. The first kappa shape index (κ1) is 19.4. The van der Waals surface area contributed by atoms with E-state index in [9.17, 15) is 4.79 Å². The maximum Gasteiger partial charge on any atom is 0.291 e. The molecule has 1 atom stereocenters. The van der Waals surface area contributed by atoms with Crippen LogP contribution in [-0.2, 0) is 6.54 Å². The number of amides is 1. The van der Waals surface area contributed by atoms with Crippen molar-refractivity contribution in [2.45, 2.75) is 31.6 Å². The minimum absolute atomic E-state index is 0.255. The summed E-state index contributed by atoms with van der Waals surface area (Å²) in [6.45, 7) is 4.44. The van der Waals surface area contributed by atoms with Crippen molar-refractivity contribution in [3.8, 4) is 0 Å². The summed E-state index contributed by atoms with van der Waals surface area (Å²) < 4.78 is 5.09. The lowest BCUT2D eigenvalue weighted by Gasteiger charge is -2.14. The normalized spacial score (nSPS) is 16.9. The van der Waals surface area contributed by atoms with Crippen LogP contribution < -0.4 is 16.0 Å². The molecule has 3 rings (SSSR count). The van der Waals surface area contributed by atoms with Crippen molar-refractivity contribution >= 4 is 29.3 Å². The second-order valence-corrected chi connectivity index (χ2v) is 7.75. The minimum atomic E-state index is -0.255. The zero-order valence-electron chi connectivity index (χ0n) is 15.5. The molecule has 1 aromatic carbocycles. The summed E-state index contributed by atoms with van der Waals surface area (Å²) in [4.78, 5) is 16.6. The molecule has 1 aromatic heterocycles. The Labute approximate surface area is 164 Å². The summed E-state index contributed by atoms with van der Waals surface area (Å²) in [6, 6.07) is 11.0. The zero-order valence-corrected chi connectivity index (χ0v) is 16.3. The van der Waals surface area contributed by atoms with Gasteiger partial charge in [-0.1, -0.05) is 12.1 Å². The van der Waals surface area contributed by atoms with Gasteiger partial charge in [0.25, 0.3) is 5.91 Å². The van der Waals surface area contributed by atoms with Crippen LogP contribution in [0.3, 0.4) is 0 Å². The van der Waals surface area contributed by atoms with Gasteiger partial charge in [0.1, 0.15) is 0 Å². The van der Waals surface area contributed by atoms with E-state index in [2.05, 4.69) is 27.9 Å². The maximum atomic E-state index is 12.0. The van der Waals surface area contributed by atoms with E-state index >= 15 is 0 Å². The van der Waals surface area contributed by atoms with E-state index in [0.29, 0.717) is 17.6 Å². The Balaban J connectivity index is 1.52. The van der Waals surface area contributed by atoms with Crippen molar-refractivity contribution in [2.75, 3.05) is 24.2 Å². The van der Waals surface area contributed by atoms with Crippen LogP contribution in [0.4, 0.5) is 5.69 Å². The lowest BCUT2D eigenvalue weighted by atomic mass is 10.2. The fraction of sp³-hybridized carbons (Fsp3) is 0.400. The maximum absolute atomic E-state index is 12.0. The zero-order chi connectivity index (χ0) is 18.9. The molecule has 0 spiro atoms. The Morgan fingerprint density at radius 1 is 1.26 bits per heavy atom. The molecule has 0 bridgehead atoms. The van der Waals surface area contributed by atoms with Crippen molar-refractivity contribution in [1.82, 2.24) is 10.6 Å². The average Bonchev–Trinajstić information content (AvgIpc) is 3.39. The van der Waals surface area contributed by atoms with Gasteiger partial charge in [-0.2, -0.15) is 11.8 Å². The number of rotatable bonds is 7. The molecule has 7 heteroatoms. The second-order valence-electron chi connectivity index (χ2n) is 6.34. The van der Waals surface area contributed by atoms with Crippen LogP contribution in [0, 0.1) is 0 Å². The average molecular weight is 387 g/mol. The quantitative estimate of drug-likeness (QED) is 0.502. The van der Waals surface area contributed by atoms with E-state index in [1.165, 1.54) is 24.9 Å². The first-order valence-electron chi connectivity index (χ1n) is 9.32. The van der Waals surface area contributed by atoms with Crippen LogP contribution in [0.5, 0.6) is 0 Å². The molecule has 1 aliphatic heterocycles. The number of nitrogens with one attached hydrogen (secondary N) is 3. The monoisotopic (exact) mass is 386 g/mol. The van der Waals surface area contributed by atoms with Gasteiger partial charge in [-0.05, 0) is 55.3 Å². The first-order valence-corrected chi connectivity index (χ1v) is 10.4. The lowest BCUT2D eigenvalue weighted by Crippen LogP contribution is -2.40. The van der Waals surface area contributed by atoms with Crippen LogP contribution in [0.1, 0.15) is 35.9 Å². The molecule has 27 heavy (non-hydrogen) atoms. The molecule has 1 aliphatic rings. The van der Waals surface area contributed by atoms with Gasteiger partial charge in [-0.3, -0.25) is 4.79 Å². The third-order valence-corrected chi connectivity index (χ3v) is 5.64. The molecule has 144 valence electrons. The molecule has 2 heterocycles. The molecule has 1 unspecified atom stereocenters. The van der Waals surface area contributed by atoms with Crippen molar-refractivity contribution in [3.05, 3.63) is 54.0 Å². The predicted octanol–water partition coefficient (Wildman–Crippen LogP) is 3.48. The summed E-state index contributed by atoms with van der Waals surface area (Å²) in [6.07, 6.45) is 4.08. The molecule has 1 amide bonds. The van der Waals surface area contributed by atoms with Crippen LogP contribution >= 0.6 is 11.8 Å². The fourth-order valence-electron chi connectivity index (χ4n) is 2.82. The molecule has 2 aromatic rings. The topological polar surface area (TPSA) is 78.7 Å². The second kappa shape index (κ2) is 10.1. The Morgan fingerprint density at radius 3 is 2.78 bits per heavy atom. The highest BCUT2D eigenvalue weighted by atomic mass is 32.2. The number of nitrogens with zero attached hydrogens (tertiary/aromatic N) is 1. The number of hydrogen-bond acceptors (Lipinski definition) is 4. The van der Waals surface area contributed by atoms with E-state index in [1.54, 1.807) is 12.1 Å². The third-order valence-electron chi connectivity index (χ3n) is 4.24. The number of anilines is 1. The van der Waals surface area contributed by atoms with Gasteiger partial charge in [0.05, 0.1) is 12.8 Å². The van der Waals surface area contributed by atoms with Gasteiger partial charge >= 0.3 is 0 Å². The largest absolute Gasteiger partial charge is 0.459 e. The van der Waals surface area contributed by atoms with Crippen LogP contribution in [0.25, 0.3) is 0 Å². The SMILES string of the molecule is CCNC(=NCc1ccc(NC(=O)c2ccco2)cc1)NCC1CCCS1. The lowest BCUT2D eigenvalue weighted by molar-refractivity contribution is 0.0996. The number of benzene rings is 1. The Bertz CT molecular complexity index is 738. The van der Waals surface area contributed by atoms with Gasteiger partial charge in [0.2, 0.25) is 0 Å². The molecule has 0 saturated carbocycles. The Kier molecular flexibility index (Phi) is 7.21. The predicted molar refractivity (Wildman–Crippen MR) is 111 cm³/mol.